The van der Waals surface area contributed by atoms with Crippen LogP contribution in [0, 0.1) is 11.9 Å². The molecular weight excluding hydrogens is 242 g/mol. The summed E-state index contributed by atoms with van der Waals surface area (Å²) in [5.41, 5.74) is -0.914. The highest BCUT2D eigenvalue weighted by atomic mass is 79.9. The first kappa shape index (κ1) is 9.44. The standard InChI is InChI=1S/C6H2BrF4N/c7-3-1-2(4(8)9)5(10)12-6(3)11/h1,4H. The summed E-state index contributed by atoms with van der Waals surface area (Å²) >= 11 is 2.61. The van der Waals surface area contributed by atoms with E-state index in [9.17, 15) is 17.6 Å². The Labute approximate surface area is 73.5 Å². The number of aromatic nitrogens is 1. The van der Waals surface area contributed by atoms with Crippen molar-refractivity contribution in [3.05, 3.63) is 28.0 Å². The molecule has 0 bridgehead atoms. The van der Waals surface area contributed by atoms with Gasteiger partial charge in [-0.25, -0.2) is 8.78 Å². The lowest BCUT2D eigenvalue weighted by molar-refractivity contribution is 0.144. The van der Waals surface area contributed by atoms with Crippen LogP contribution >= 0.6 is 15.9 Å². The molecule has 0 saturated heterocycles. The smallest absolute Gasteiger partial charge is 0.205 e. The molecule has 0 radical (unpaired) electrons. The van der Waals surface area contributed by atoms with Crippen LogP contribution in [0.1, 0.15) is 12.0 Å². The lowest BCUT2D eigenvalue weighted by atomic mass is 10.3. The molecule has 0 aliphatic heterocycles. The third-order valence-electron chi connectivity index (χ3n) is 1.15. The summed E-state index contributed by atoms with van der Waals surface area (Å²) in [7, 11) is 0. The van der Waals surface area contributed by atoms with Crippen molar-refractivity contribution >= 4 is 15.9 Å². The zero-order valence-corrected chi connectivity index (χ0v) is 7.08. The quantitative estimate of drug-likeness (QED) is 0.546. The van der Waals surface area contributed by atoms with Gasteiger partial charge in [0.1, 0.15) is 0 Å². The molecule has 0 spiro atoms. The van der Waals surface area contributed by atoms with Gasteiger partial charge in [-0.15, -0.1) is 0 Å². The van der Waals surface area contributed by atoms with E-state index in [-0.39, 0.29) is 4.47 Å². The lowest BCUT2D eigenvalue weighted by Gasteiger charge is -2.01. The van der Waals surface area contributed by atoms with Gasteiger partial charge in [-0.05, 0) is 22.0 Å². The normalized spacial score (nSPS) is 10.8. The molecule has 0 aliphatic rings. The van der Waals surface area contributed by atoms with Crippen molar-refractivity contribution in [2.45, 2.75) is 6.43 Å². The van der Waals surface area contributed by atoms with Crippen molar-refractivity contribution in [2.75, 3.05) is 0 Å². The summed E-state index contributed by atoms with van der Waals surface area (Å²) in [5.74, 6) is -2.62. The molecule has 1 aromatic rings. The van der Waals surface area contributed by atoms with E-state index in [1.165, 1.54) is 0 Å². The minimum Gasteiger partial charge on any atom is -0.205 e. The SMILES string of the molecule is Fc1nc(F)c(C(F)F)cc1Br. The van der Waals surface area contributed by atoms with Crippen molar-refractivity contribution in [1.82, 2.24) is 4.98 Å². The van der Waals surface area contributed by atoms with Crippen LogP contribution in [0.2, 0.25) is 0 Å². The van der Waals surface area contributed by atoms with Gasteiger partial charge in [0.15, 0.2) is 0 Å². The van der Waals surface area contributed by atoms with Crippen LogP contribution in [-0.2, 0) is 0 Å². The maximum absolute atomic E-state index is 12.4. The first-order chi connectivity index (χ1) is 5.52. The molecule has 0 amide bonds. The number of pyridine rings is 1. The van der Waals surface area contributed by atoms with E-state index in [1.54, 1.807) is 0 Å². The fourth-order valence-corrected chi connectivity index (χ4v) is 0.948. The van der Waals surface area contributed by atoms with Crippen molar-refractivity contribution in [3.8, 4) is 0 Å². The van der Waals surface area contributed by atoms with E-state index >= 15 is 0 Å². The summed E-state index contributed by atoms with van der Waals surface area (Å²) in [6, 6.07) is 0.669. The molecular formula is C6H2BrF4N. The van der Waals surface area contributed by atoms with Crippen LogP contribution in [-0.4, -0.2) is 4.98 Å². The molecule has 0 aromatic carbocycles. The number of rotatable bonds is 1. The van der Waals surface area contributed by atoms with Crippen LogP contribution in [0.25, 0.3) is 0 Å². The van der Waals surface area contributed by atoms with Crippen LogP contribution in [0.15, 0.2) is 10.5 Å². The molecule has 0 fully saturated rings. The van der Waals surface area contributed by atoms with E-state index in [0.717, 1.165) is 0 Å². The van der Waals surface area contributed by atoms with E-state index in [2.05, 4.69) is 20.9 Å². The molecule has 12 heavy (non-hydrogen) atoms. The average molecular weight is 244 g/mol. The molecule has 0 N–H and O–H groups in total. The lowest BCUT2D eigenvalue weighted by Crippen LogP contribution is -1.97. The Bertz CT molecular complexity index is 302. The van der Waals surface area contributed by atoms with Gasteiger partial charge in [-0.1, -0.05) is 0 Å². The van der Waals surface area contributed by atoms with E-state index in [1.807, 2.05) is 0 Å². The first-order valence-electron chi connectivity index (χ1n) is 2.82. The molecule has 1 nitrogen and oxygen atoms in total. The van der Waals surface area contributed by atoms with Gasteiger partial charge >= 0.3 is 0 Å². The zero-order chi connectivity index (χ0) is 9.30. The topological polar surface area (TPSA) is 12.9 Å². The fraction of sp³-hybridized carbons (Fsp3) is 0.167. The number of alkyl halides is 2. The Morgan fingerprint density at radius 3 is 2.33 bits per heavy atom. The summed E-state index contributed by atoms with van der Waals surface area (Å²) in [6.07, 6.45) is -2.99. The van der Waals surface area contributed by atoms with E-state index in [4.69, 9.17) is 0 Å². The van der Waals surface area contributed by atoms with Crippen LogP contribution in [0.3, 0.4) is 0 Å². The number of nitrogens with zero attached hydrogens (tertiary/aromatic N) is 1. The minimum absolute atomic E-state index is 0.279. The Hall–Kier alpha value is -0.650. The fourth-order valence-electron chi connectivity index (χ4n) is 0.613. The highest BCUT2D eigenvalue weighted by Gasteiger charge is 2.17. The maximum Gasteiger partial charge on any atom is 0.268 e. The first-order valence-corrected chi connectivity index (χ1v) is 3.61. The van der Waals surface area contributed by atoms with Gasteiger partial charge in [0.25, 0.3) is 6.43 Å². The molecule has 1 heterocycles. The average Bonchev–Trinajstić information content (AvgIpc) is 1.96. The number of hydrogen-bond acceptors (Lipinski definition) is 1. The second-order valence-corrected chi connectivity index (χ2v) is 2.80. The molecule has 1 rings (SSSR count). The summed E-state index contributed by atoms with van der Waals surface area (Å²) < 4.78 is 48.4. The Kier molecular flexibility index (Phi) is 2.66. The molecule has 1 aromatic heterocycles. The second-order valence-electron chi connectivity index (χ2n) is 1.94. The number of hydrogen-bond donors (Lipinski definition) is 0. The number of halogens is 5. The molecule has 6 heteroatoms. The second kappa shape index (κ2) is 3.38. The summed E-state index contributed by atoms with van der Waals surface area (Å²) in [5, 5.41) is 0. The Balaban J connectivity index is 3.23. The van der Waals surface area contributed by atoms with Crippen molar-refractivity contribution in [2.24, 2.45) is 0 Å². The van der Waals surface area contributed by atoms with Gasteiger partial charge in [0, 0.05) is 0 Å². The maximum atomic E-state index is 12.4. The van der Waals surface area contributed by atoms with Gasteiger partial charge in [-0.3, -0.25) is 0 Å². The largest absolute Gasteiger partial charge is 0.268 e. The van der Waals surface area contributed by atoms with Gasteiger partial charge in [0.2, 0.25) is 11.9 Å². The van der Waals surface area contributed by atoms with Crippen molar-refractivity contribution < 1.29 is 17.6 Å². The van der Waals surface area contributed by atoms with Crippen molar-refractivity contribution in [3.63, 3.8) is 0 Å². The van der Waals surface area contributed by atoms with Crippen LogP contribution in [0.4, 0.5) is 17.6 Å². The van der Waals surface area contributed by atoms with Gasteiger partial charge < -0.3 is 0 Å². The highest BCUT2D eigenvalue weighted by Crippen LogP contribution is 2.25. The molecule has 0 saturated carbocycles. The monoisotopic (exact) mass is 243 g/mol. The van der Waals surface area contributed by atoms with Crippen molar-refractivity contribution in [1.29, 1.82) is 0 Å². The van der Waals surface area contributed by atoms with Gasteiger partial charge in [0.05, 0.1) is 10.0 Å². The predicted octanol–water partition coefficient (Wildman–Crippen LogP) is 3.06. The van der Waals surface area contributed by atoms with E-state index in [0.29, 0.717) is 6.07 Å². The highest BCUT2D eigenvalue weighted by molar-refractivity contribution is 9.10. The zero-order valence-electron chi connectivity index (χ0n) is 5.49. The van der Waals surface area contributed by atoms with Crippen LogP contribution in [0.5, 0.6) is 0 Å². The molecule has 0 unspecified atom stereocenters. The van der Waals surface area contributed by atoms with Crippen LogP contribution < -0.4 is 0 Å². The summed E-state index contributed by atoms with van der Waals surface area (Å²) in [4.78, 5) is 2.63. The molecule has 66 valence electrons. The molecule has 0 aliphatic carbocycles. The molecule has 0 atom stereocenters. The minimum atomic E-state index is -2.99. The third kappa shape index (κ3) is 1.74. The van der Waals surface area contributed by atoms with E-state index < -0.39 is 23.9 Å². The Morgan fingerprint density at radius 1 is 1.25 bits per heavy atom. The van der Waals surface area contributed by atoms with Gasteiger partial charge in [-0.2, -0.15) is 13.8 Å². The Morgan fingerprint density at radius 2 is 1.83 bits per heavy atom. The predicted molar refractivity (Wildman–Crippen MR) is 36.8 cm³/mol. The third-order valence-corrected chi connectivity index (χ3v) is 1.71. The summed E-state index contributed by atoms with van der Waals surface area (Å²) in [6.45, 7) is 0.